The topological polar surface area (TPSA) is 90.3 Å². The van der Waals surface area contributed by atoms with E-state index in [1.807, 2.05) is 6.07 Å². The van der Waals surface area contributed by atoms with Crippen LogP contribution in [0, 0.1) is 23.1 Å². The van der Waals surface area contributed by atoms with Crippen LogP contribution < -0.4 is 5.32 Å². The molecule has 0 aliphatic carbocycles. The Labute approximate surface area is 167 Å². The van der Waals surface area contributed by atoms with Crippen molar-refractivity contribution in [2.24, 2.45) is 5.92 Å². The molecular weight excluding hydrogens is 405 g/mol. The summed E-state index contributed by atoms with van der Waals surface area (Å²) < 4.78 is 40.8. The Morgan fingerprint density at radius 1 is 1.21 bits per heavy atom. The lowest BCUT2D eigenvalue weighted by molar-refractivity contribution is -0.120. The fourth-order valence-corrected chi connectivity index (χ4v) is 4.88. The van der Waals surface area contributed by atoms with E-state index < -0.39 is 21.8 Å². The normalized spacial score (nSPS) is 15.8. The molecule has 146 valence electrons. The van der Waals surface area contributed by atoms with Gasteiger partial charge in [-0.2, -0.15) is 9.57 Å². The van der Waals surface area contributed by atoms with Crippen LogP contribution in [0.4, 0.5) is 10.1 Å². The van der Waals surface area contributed by atoms with Crippen LogP contribution in [0.15, 0.2) is 47.4 Å². The van der Waals surface area contributed by atoms with Crippen LogP contribution >= 0.6 is 11.6 Å². The highest BCUT2D eigenvalue weighted by atomic mass is 35.5. The molecule has 28 heavy (non-hydrogen) atoms. The average Bonchev–Trinajstić information content (AvgIpc) is 2.70. The van der Waals surface area contributed by atoms with Gasteiger partial charge in [-0.15, -0.1) is 0 Å². The van der Waals surface area contributed by atoms with Crippen LogP contribution in [0.5, 0.6) is 0 Å². The van der Waals surface area contributed by atoms with Gasteiger partial charge in [-0.25, -0.2) is 12.8 Å². The van der Waals surface area contributed by atoms with E-state index in [9.17, 15) is 17.6 Å². The molecule has 1 aliphatic rings. The minimum atomic E-state index is -3.82. The second-order valence-corrected chi connectivity index (χ2v) is 8.74. The van der Waals surface area contributed by atoms with Crippen LogP contribution in [-0.4, -0.2) is 31.7 Å². The second-order valence-electron chi connectivity index (χ2n) is 6.40. The second kappa shape index (κ2) is 8.27. The molecule has 6 nitrogen and oxygen atoms in total. The highest BCUT2D eigenvalue weighted by Gasteiger charge is 2.33. The molecule has 0 bridgehead atoms. The van der Waals surface area contributed by atoms with E-state index >= 15 is 0 Å². The number of hydrogen-bond donors (Lipinski definition) is 1. The fraction of sp³-hybridized carbons (Fsp3) is 0.263. The number of nitrogens with zero attached hydrogens (tertiary/aromatic N) is 2. The zero-order valence-electron chi connectivity index (χ0n) is 14.7. The van der Waals surface area contributed by atoms with E-state index in [0.29, 0.717) is 12.8 Å². The first-order valence-corrected chi connectivity index (χ1v) is 10.4. The summed E-state index contributed by atoms with van der Waals surface area (Å²) in [7, 11) is -3.82. The first-order chi connectivity index (χ1) is 13.3. The number of amides is 1. The van der Waals surface area contributed by atoms with E-state index in [1.165, 1.54) is 28.6 Å². The molecule has 2 aromatic carbocycles. The molecule has 0 saturated carbocycles. The largest absolute Gasteiger partial charge is 0.323 e. The molecule has 0 atom stereocenters. The van der Waals surface area contributed by atoms with Crippen molar-refractivity contribution in [3.8, 4) is 6.07 Å². The smallest absolute Gasteiger partial charge is 0.244 e. The highest BCUT2D eigenvalue weighted by molar-refractivity contribution is 7.89. The third-order valence-corrected chi connectivity index (χ3v) is 6.83. The standard InChI is InChI=1S/C19H17ClFN3O3S/c20-15-5-6-17(16(21)11-15)23-19(25)13-7-9-24(10-8-13)28(26,27)18-4-2-1-3-14(18)12-22/h1-6,11,13H,7-10H2,(H,23,25). The predicted octanol–water partition coefficient (Wildman–Crippen LogP) is 3.39. The van der Waals surface area contributed by atoms with Crippen molar-refractivity contribution in [1.82, 2.24) is 4.31 Å². The van der Waals surface area contributed by atoms with Crippen molar-refractivity contribution in [1.29, 1.82) is 5.26 Å². The number of sulfonamides is 1. The van der Waals surface area contributed by atoms with Gasteiger partial charge in [-0.05, 0) is 43.2 Å². The Balaban J connectivity index is 1.67. The molecule has 0 aromatic heterocycles. The molecule has 1 saturated heterocycles. The third kappa shape index (κ3) is 4.17. The molecule has 0 spiro atoms. The zero-order chi connectivity index (χ0) is 20.3. The number of hydrogen-bond acceptors (Lipinski definition) is 4. The number of rotatable bonds is 4. The molecular formula is C19H17ClFN3O3S. The summed E-state index contributed by atoms with van der Waals surface area (Å²) in [5.41, 5.74) is 0.118. The minimum Gasteiger partial charge on any atom is -0.323 e. The number of anilines is 1. The number of halogens is 2. The number of nitrogens with one attached hydrogen (secondary N) is 1. The summed E-state index contributed by atoms with van der Waals surface area (Å²) in [6.45, 7) is 0.284. The van der Waals surface area contributed by atoms with E-state index in [-0.39, 0.29) is 40.2 Å². The first-order valence-electron chi connectivity index (χ1n) is 8.58. The summed E-state index contributed by atoms with van der Waals surface area (Å²) in [6.07, 6.45) is 0.601. The molecule has 1 N–H and O–H groups in total. The van der Waals surface area contributed by atoms with E-state index in [4.69, 9.17) is 16.9 Å². The predicted molar refractivity (Wildman–Crippen MR) is 103 cm³/mol. The monoisotopic (exact) mass is 421 g/mol. The van der Waals surface area contributed by atoms with Crippen molar-refractivity contribution in [2.45, 2.75) is 17.7 Å². The highest BCUT2D eigenvalue weighted by Crippen LogP contribution is 2.27. The Hall–Kier alpha value is -2.47. The first kappa shape index (κ1) is 20.3. The Morgan fingerprint density at radius 3 is 2.54 bits per heavy atom. The van der Waals surface area contributed by atoms with Crippen LogP contribution in [0.1, 0.15) is 18.4 Å². The van der Waals surface area contributed by atoms with Gasteiger partial charge in [0.2, 0.25) is 15.9 Å². The Morgan fingerprint density at radius 2 is 1.89 bits per heavy atom. The molecule has 1 aliphatic heterocycles. The number of nitriles is 1. The maximum Gasteiger partial charge on any atom is 0.244 e. The van der Waals surface area contributed by atoms with Crippen molar-refractivity contribution in [2.75, 3.05) is 18.4 Å². The van der Waals surface area contributed by atoms with Crippen molar-refractivity contribution >= 4 is 33.2 Å². The van der Waals surface area contributed by atoms with Crippen molar-refractivity contribution < 1.29 is 17.6 Å². The maximum atomic E-state index is 13.8. The van der Waals surface area contributed by atoms with Crippen LogP contribution in [0.25, 0.3) is 0 Å². The molecule has 1 amide bonds. The molecule has 1 fully saturated rings. The summed E-state index contributed by atoms with van der Waals surface area (Å²) in [5.74, 6) is -1.43. The van der Waals surface area contributed by atoms with Crippen LogP contribution in [-0.2, 0) is 14.8 Å². The van der Waals surface area contributed by atoms with Gasteiger partial charge in [0.25, 0.3) is 0 Å². The Kier molecular flexibility index (Phi) is 5.98. The van der Waals surface area contributed by atoms with Gasteiger partial charge in [0.15, 0.2) is 0 Å². The molecule has 1 heterocycles. The van der Waals surface area contributed by atoms with Crippen LogP contribution in [0.2, 0.25) is 5.02 Å². The molecule has 0 unspecified atom stereocenters. The van der Waals surface area contributed by atoms with E-state index in [1.54, 1.807) is 12.1 Å². The number of carbonyl (C=O) groups excluding carboxylic acids is 1. The van der Waals surface area contributed by atoms with E-state index in [0.717, 1.165) is 6.07 Å². The quantitative estimate of drug-likeness (QED) is 0.819. The van der Waals surface area contributed by atoms with Crippen molar-refractivity contribution in [3.63, 3.8) is 0 Å². The zero-order valence-corrected chi connectivity index (χ0v) is 16.3. The SMILES string of the molecule is N#Cc1ccccc1S(=O)(=O)N1CCC(C(=O)Nc2ccc(Cl)cc2F)CC1. The summed E-state index contributed by atoms with van der Waals surface area (Å²) in [6, 6.07) is 11.9. The van der Waals surface area contributed by atoms with Gasteiger partial charge >= 0.3 is 0 Å². The molecule has 3 rings (SSSR count). The lowest BCUT2D eigenvalue weighted by Gasteiger charge is -2.30. The number of piperidine rings is 1. The average molecular weight is 422 g/mol. The Bertz CT molecular complexity index is 1040. The maximum absolute atomic E-state index is 13.8. The number of carbonyl (C=O) groups is 1. The molecule has 0 radical (unpaired) electrons. The van der Waals surface area contributed by atoms with Gasteiger partial charge in [0.1, 0.15) is 11.9 Å². The summed E-state index contributed by atoms with van der Waals surface area (Å²) in [5, 5.41) is 11.9. The third-order valence-electron chi connectivity index (χ3n) is 4.64. The minimum absolute atomic E-state index is 0.0346. The van der Waals surface area contributed by atoms with Crippen LogP contribution in [0.3, 0.4) is 0 Å². The fourth-order valence-electron chi connectivity index (χ4n) is 3.11. The lowest BCUT2D eigenvalue weighted by Crippen LogP contribution is -2.41. The summed E-state index contributed by atoms with van der Waals surface area (Å²) in [4.78, 5) is 12.4. The van der Waals surface area contributed by atoms with Gasteiger partial charge in [-0.1, -0.05) is 23.7 Å². The number of benzene rings is 2. The van der Waals surface area contributed by atoms with Crippen molar-refractivity contribution in [3.05, 3.63) is 58.9 Å². The summed E-state index contributed by atoms with van der Waals surface area (Å²) >= 11 is 5.70. The molecule has 2 aromatic rings. The lowest BCUT2D eigenvalue weighted by atomic mass is 9.97. The van der Waals surface area contributed by atoms with Gasteiger partial charge in [0.05, 0.1) is 16.1 Å². The van der Waals surface area contributed by atoms with E-state index in [2.05, 4.69) is 5.32 Å². The molecule has 9 heteroatoms. The van der Waals surface area contributed by atoms with Gasteiger partial charge in [-0.3, -0.25) is 4.79 Å². The van der Waals surface area contributed by atoms with Gasteiger partial charge < -0.3 is 5.32 Å². The van der Waals surface area contributed by atoms with Gasteiger partial charge in [0, 0.05) is 24.0 Å².